The van der Waals surface area contributed by atoms with Gasteiger partial charge in [0.15, 0.2) is 11.6 Å². The Balaban J connectivity index is 2.95. The van der Waals surface area contributed by atoms with Crippen molar-refractivity contribution in [3.63, 3.8) is 0 Å². The standard InChI is InChI=1S/C12H15F2NO2/c1-3-6-15-11(12(16)17-2)8-4-5-9(13)10(14)7-8/h4-5,7,11,15H,3,6H2,1-2H3. The van der Waals surface area contributed by atoms with E-state index in [0.717, 1.165) is 18.6 Å². The third-order valence-corrected chi connectivity index (χ3v) is 2.31. The van der Waals surface area contributed by atoms with E-state index in [1.807, 2.05) is 6.92 Å². The number of halogens is 2. The van der Waals surface area contributed by atoms with Crippen LogP contribution in [-0.4, -0.2) is 19.6 Å². The van der Waals surface area contributed by atoms with Crippen molar-refractivity contribution in [2.24, 2.45) is 0 Å². The van der Waals surface area contributed by atoms with E-state index in [1.54, 1.807) is 0 Å². The fourth-order valence-electron chi connectivity index (χ4n) is 1.44. The number of methoxy groups -OCH3 is 1. The molecule has 0 aliphatic rings. The van der Waals surface area contributed by atoms with Crippen LogP contribution in [0.2, 0.25) is 0 Å². The summed E-state index contributed by atoms with van der Waals surface area (Å²) in [7, 11) is 1.25. The molecule has 0 fully saturated rings. The predicted molar refractivity (Wildman–Crippen MR) is 59.4 cm³/mol. The fraction of sp³-hybridized carbons (Fsp3) is 0.417. The molecular weight excluding hydrogens is 228 g/mol. The zero-order chi connectivity index (χ0) is 12.8. The van der Waals surface area contributed by atoms with Gasteiger partial charge in [0.25, 0.3) is 0 Å². The van der Waals surface area contributed by atoms with Crippen LogP contribution in [0, 0.1) is 11.6 Å². The van der Waals surface area contributed by atoms with Crippen molar-refractivity contribution in [2.45, 2.75) is 19.4 Å². The highest BCUT2D eigenvalue weighted by molar-refractivity contribution is 5.77. The molecule has 94 valence electrons. The molecule has 0 aliphatic carbocycles. The minimum Gasteiger partial charge on any atom is -0.468 e. The van der Waals surface area contributed by atoms with Crippen LogP contribution in [0.25, 0.3) is 0 Å². The van der Waals surface area contributed by atoms with Gasteiger partial charge in [-0.2, -0.15) is 0 Å². The summed E-state index contributed by atoms with van der Waals surface area (Å²) in [5.41, 5.74) is 0.351. The van der Waals surface area contributed by atoms with Crippen LogP contribution in [0.5, 0.6) is 0 Å². The smallest absolute Gasteiger partial charge is 0.327 e. The van der Waals surface area contributed by atoms with Gasteiger partial charge < -0.3 is 10.1 Å². The van der Waals surface area contributed by atoms with Crippen LogP contribution in [0.15, 0.2) is 18.2 Å². The third-order valence-electron chi connectivity index (χ3n) is 2.31. The Morgan fingerprint density at radius 1 is 1.41 bits per heavy atom. The van der Waals surface area contributed by atoms with Gasteiger partial charge in [-0.1, -0.05) is 13.0 Å². The highest BCUT2D eigenvalue weighted by atomic mass is 19.2. The summed E-state index contributed by atoms with van der Waals surface area (Å²) in [6.45, 7) is 2.52. The maximum atomic E-state index is 13.1. The van der Waals surface area contributed by atoms with Gasteiger partial charge in [0, 0.05) is 0 Å². The first-order valence-electron chi connectivity index (χ1n) is 5.36. The number of esters is 1. The van der Waals surface area contributed by atoms with Crippen LogP contribution in [0.3, 0.4) is 0 Å². The van der Waals surface area contributed by atoms with Crippen LogP contribution in [-0.2, 0) is 9.53 Å². The van der Waals surface area contributed by atoms with Crippen molar-refractivity contribution in [1.82, 2.24) is 5.32 Å². The van der Waals surface area contributed by atoms with Crippen molar-refractivity contribution in [3.8, 4) is 0 Å². The zero-order valence-electron chi connectivity index (χ0n) is 9.80. The van der Waals surface area contributed by atoms with E-state index in [9.17, 15) is 13.6 Å². The summed E-state index contributed by atoms with van der Waals surface area (Å²) in [4.78, 5) is 11.5. The van der Waals surface area contributed by atoms with Crippen LogP contribution in [0.1, 0.15) is 24.9 Å². The topological polar surface area (TPSA) is 38.3 Å². The van der Waals surface area contributed by atoms with Gasteiger partial charge in [-0.3, -0.25) is 0 Å². The molecule has 1 N–H and O–H groups in total. The second-order valence-electron chi connectivity index (χ2n) is 3.58. The Kier molecular flexibility index (Phi) is 5.03. The highest BCUT2D eigenvalue weighted by Crippen LogP contribution is 2.17. The molecule has 0 saturated carbocycles. The maximum absolute atomic E-state index is 13.1. The molecule has 1 rings (SSSR count). The summed E-state index contributed by atoms with van der Waals surface area (Å²) in [6.07, 6.45) is 0.817. The molecule has 1 aromatic rings. The number of hydrogen-bond acceptors (Lipinski definition) is 3. The number of carbonyl (C=O) groups is 1. The van der Waals surface area contributed by atoms with Crippen molar-refractivity contribution < 1.29 is 18.3 Å². The van der Waals surface area contributed by atoms with Gasteiger partial charge in [0.05, 0.1) is 7.11 Å². The molecule has 0 saturated heterocycles. The minimum absolute atomic E-state index is 0.351. The summed E-state index contributed by atoms with van der Waals surface area (Å²) < 4.78 is 30.5. The Morgan fingerprint density at radius 3 is 2.65 bits per heavy atom. The molecule has 0 bridgehead atoms. The fourth-order valence-corrected chi connectivity index (χ4v) is 1.44. The van der Waals surface area contributed by atoms with E-state index in [0.29, 0.717) is 12.1 Å². The summed E-state index contributed by atoms with van der Waals surface area (Å²) >= 11 is 0. The molecule has 5 heteroatoms. The molecule has 0 radical (unpaired) electrons. The van der Waals surface area contributed by atoms with Gasteiger partial charge in [-0.25, -0.2) is 13.6 Å². The predicted octanol–water partition coefficient (Wildman–Crippen LogP) is 2.18. The normalized spacial score (nSPS) is 12.2. The van der Waals surface area contributed by atoms with E-state index < -0.39 is 23.6 Å². The van der Waals surface area contributed by atoms with Crippen LogP contribution < -0.4 is 5.32 Å². The lowest BCUT2D eigenvalue weighted by molar-refractivity contribution is -0.143. The van der Waals surface area contributed by atoms with Crippen molar-refractivity contribution >= 4 is 5.97 Å². The summed E-state index contributed by atoms with van der Waals surface area (Å²) in [6, 6.07) is 2.59. The number of benzene rings is 1. The van der Waals surface area contributed by atoms with Crippen molar-refractivity contribution in [1.29, 1.82) is 0 Å². The minimum atomic E-state index is -0.977. The monoisotopic (exact) mass is 243 g/mol. The van der Waals surface area contributed by atoms with Gasteiger partial charge in [-0.15, -0.1) is 0 Å². The van der Waals surface area contributed by atoms with Gasteiger partial charge in [0.1, 0.15) is 6.04 Å². The number of hydrogen-bond donors (Lipinski definition) is 1. The lowest BCUT2D eigenvalue weighted by Crippen LogP contribution is -2.30. The average Bonchev–Trinajstić information content (AvgIpc) is 2.33. The lowest BCUT2D eigenvalue weighted by atomic mass is 10.1. The lowest BCUT2D eigenvalue weighted by Gasteiger charge is -2.16. The Morgan fingerprint density at radius 2 is 2.12 bits per heavy atom. The SMILES string of the molecule is CCCNC(C(=O)OC)c1ccc(F)c(F)c1. The molecule has 1 aromatic carbocycles. The summed E-state index contributed by atoms with van der Waals surface area (Å²) in [5.74, 6) is -2.44. The molecule has 0 heterocycles. The molecular formula is C12H15F2NO2. The Labute approximate surface area is 98.8 Å². The van der Waals surface area contributed by atoms with Crippen molar-refractivity contribution in [2.75, 3.05) is 13.7 Å². The number of rotatable bonds is 5. The van der Waals surface area contributed by atoms with Crippen LogP contribution >= 0.6 is 0 Å². The molecule has 0 amide bonds. The largest absolute Gasteiger partial charge is 0.468 e. The van der Waals surface area contributed by atoms with Gasteiger partial charge >= 0.3 is 5.97 Å². The zero-order valence-corrected chi connectivity index (χ0v) is 9.80. The first-order valence-corrected chi connectivity index (χ1v) is 5.36. The second kappa shape index (κ2) is 6.30. The first kappa shape index (κ1) is 13.6. The number of carbonyl (C=O) groups excluding carboxylic acids is 1. The van der Waals surface area contributed by atoms with E-state index >= 15 is 0 Å². The molecule has 0 aromatic heterocycles. The molecule has 1 unspecified atom stereocenters. The number of nitrogens with one attached hydrogen (secondary N) is 1. The van der Waals surface area contributed by atoms with E-state index in [1.165, 1.54) is 13.2 Å². The quantitative estimate of drug-likeness (QED) is 0.805. The molecule has 0 aliphatic heterocycles. The second-order valence-corrected chi connectivity index (χ2v) is 3.58. The molecule has 17 heavy (non-hydrogen) atoms. The van der Waals surface area contributed by atoms with E-state index in [2.05, 4.69) is 10.1 Å². The number of ether oxygens (including phenoxy) is 1. The highest BCUT2D eigenvalue weighted by Gasteiger charge is 2.21. The van der Waals surface area contributed by atoms with E-state index in [4.69, 9.17) is 0 Å². The van der Waals surface area contributed by atoms with Gasteiger partial charge in [0.2, 0.25) is 0 Å². The molecule has 3 nitrogen and oxygen atoms in total. The first-order chi connectivity index (χ1) is 8.10. The molecule has 1 atom stereocenters. The van der Waals surface area contributed by atoms with Crippen LogP contribution in [0.4, 0.5) is 8.78 Å². The Hall–Kier alpha value is -1.49. The molecule has 0 spiro atoms. The Bertz CT molecular complexity index is 396. The van der Waals surface area contributed by atoms with Crippen molar-refractivity contribution in [3.05, 3.63) is 35.4 Å². The summed E-state index contributed by atoms with van der Waals surface area (Å²) in [5, 5.41) is 2.92. The average molecular weight is 243 g/mol. The van der Waals surface area contributed by atoms with Gasteiger partial charge in [-0.05, 0) is 30.7 Å². The third kappa shape index (κ3) is 3.49. The van der Waals surface area contributed by atoms with E-state index in [-0.39, 0.29) is 0 Å². The maximum Gasteiger partial charge on any atom is 0.327 e.